The summed E-state index contributed by atoms with van der Waals surface area (Å²) in [5.74, 6) is 0. The molecule has 0 heterocycles. The molecule has 1 aromatic rings. The van der Waals surface area contributed by atoms with Crippen molar-refractivity contribution in [1.82, 2.24) is 0 Å². The maximum Gasteiger partial charge on any atom is 0.00946 e. The molecule has 0 saturated heterocycles. The van der Waals surface area contributed by atoms with Crippen LogP contribution < -0.4 is 0 Å². The number of hydrogen-bond donors (Lipinski definition) is 0. The lowest BCUT2D eigenvalue weighted by atomic mass is 10.4. The van der Waals surface area contributed by atoms with Crippen molar-refractivity contribution in [2.45, 2.75) is 24.0 Å². The maximum atomic E-state index is 2.21. The maximum absolute atomic E-state index is 2.21. The number of hydrogen-bond acceptors (Lipinski definition) is 1. The molecule has 1 unspecified atom stereocenters. The SMILES string of the molecule is C[CH]C(C)Sc1ccccc1. The monoisotopic (exact) mass is 165 g/mol. The van der Waals surface area contributed by atoms with Gasteiger partial charge >= 0.3 is 0 Å². The van der Waals surface area contributed by atoms with Gasteiger partial charge in [0.1, 0.15) is 0 Å². The van der Waals surface area contributed by atoms with E-state index in [-0.39, 0.29) is 0 Å². The molecule has 0 amide bonds. The van der Waals surface area contributed by atoms with Crippen molar-refractivity contribution in [2.24, 2.45) is 0 Å². The van der Waals surface area contributed by atoms with Gasteiger partial charge in [-0.15, -0.1) is 11.8 Å². The van der Waals surface area contributed by atoms with E-state index < -0.39 is 0 Å². The first kappa shape index (κ1) is 8.66. The second-order valence-electron chi connectivity index (χ2n) is 2.47. The van der Waals surface area contributed by atoms with Gasteiger partial charge in [-0.3, -0.25) is 0 Å². The van der Waals surface area contributed by atoms with E-state index in [0.717, 1.165) is 0 Å². The van der Waals surface area contributed by atoms with Gasteiger partial charge in [0.25, 0.3) is 0 Å². The Morgan fingerprint density at radius 1 is 1.27 bits per heavy atom. The molecule has 0 nitrogen and oxygen atoms in total. The van der Waals surface area contributed by atoms with Crippen LogP contribution in [0.15, 0.2) is 35.2 Å². The predicted molar refractivity (Wildman–Crippen MR) is 51.7 cm³/mol. The van der Waals surface area contributed by atoms with Crippen LogP contribution in [0.3, 0.4) is 0 Å². The summed E-state index contributed by atoms with van der Waals surface area (Å²) < 4.78 is 0. The first-order valence-corrected chi connectivity index (χ1v) is 4.72. The van der Waals surface area contributed by atoms with E-state index in [2.05, 4.69) is 44.5 Å². The van der Waals surface area contributed by atoms with Gasteiger partial charge in [0.15, 0.2) is 0 Å². The van der Waals surface area contributed by atoms with E-state index in [1.54, 1.807) is 0 Å². The van der Waals surface area contributed by atoms with Gasteiger partial charge in [-0.05, 0) is 18.6 Å². The number of rotatable bonds is 3. The molecule has 0 saturated carbocycles. The molecule has 0 fully saturated rings. The van der Waals surface area contributed by atoms with Gasteiger partial charge in [-0.2, -0.15) is 0 Å². The van der Waals surface area contributed by atoms with Gasteiger partial charge in [0.05, 0.1) is 0 Å². The lowest BCUT2D eigenvalue weighted by Crippen LogP contribution is -1.91. The standard InChI is InChI=1S/C10H13S/c1-3-9(2)11-10-7-5-4-6-8-10/h3-9H,1-2H3. The Hall–Kier alpha value is -0.430. The minimum absolute atomic E-state index is 0.609. The van der Waals surface area contributed by atoms with E-state index in [4.69, 9.17) is 0 Å². The molecule has 0 aliphatic heterocycles. The minimum Gasteiger partial charge on any atom is -0.123 e. The summed E-state index contributed by atoms with van der Waals surface area (Å²) in [5.41, 5.74) is 0. The summed E-state index contributed by atoms with van der Waals surface area (Å²) in [6.45, 7) is 4.30. The van der Waals surface area contributed by atoms with Crippen LogP contribution in [0.25, 0.3) is 0 Å². The molecule has 1 aromatic carbocycles. The third kappa shape index (κ3) is 2.98. The second-order valence-corrected chi connectivity index (χ2v) is 3.92. The van der Waals surface area contributed by atoms with Crippen LogP contribution >= 0.6 is 11.8 Å². The topological polar surface area (TPSA) is 0 Å². The van der Waals surface area contributed by atoms with Crippen molar-refractivity contribution in [3.63, 3.8) is 0 Å². The third-order valence-electron chi connectivity index (χ3n) is 1.53. The zero-order valence-electron chi connectivity index (χ0n) is 6.95. The minimum atomic E-state index is 0.609. The summed E-state index contributed by atoms with van der Waals surface area (Å²) in [7, 11) is 0. The summed E-state index contributed by atoms with van der Waals surface area (Å²) >= 11 is 1.89. The van der Waals surface area contributed by atoms with Gasteiger partial charge in [-0.25, -0.2) is 0 Å². The summed E-state index contributed by atoms with van der Waals surface area (Å²) in [4.78, 5) is 1.35. The number of benzene rings is 1. The van der Waals surface area contributed by atoms with E-state index >= 15 is 0 Å². The van der Waals surface area contributed by atoms with Crippen molar-refractivity contribution < 1.29 is 0 Å². The van der Waals surface area contributed by atoms with Gasteiger partial charge < -0.3 is 0 Å². The van der Waals surface area contributed by atoms with Crippen LogP contribution in [0, 0.1) is 6.42 Å². The Labute approximate surface area is 73.0 Å². The molecule has 1 heteroatoms. The highest BCUT2D eigenvalue weighted by Gasteiger charge is 1.99. The van der Waals surface area contributed by atoms with Crippen LogP contribution in [-0.2, 0) is 0 Å². The highest BCUT2D eigenvalue weighted by molar-refractivity contribution is 8.00. The third-order valence-corrected chi connectivity index (χ3v) is 2.72. The average molecular weight is 165 g/mol. The zero-order chi connectivity index (χ0) is 8.10. The van der Waals surface area contributed by atoms with Crippen molar-refractivity contribution in [1.29, 1.82) is 0 Å². The fraction of sp³-hybridized carbons (Fsp3) is 0.300. The van der Waals surface area contributed by atoms with Crippen LogP contribution in [-0.4, -0.2) is 5.25 Å². The lowest BCUT2D eigenvalue weighted by Gasteiger charge is -2.06. The second kappa shape index (κ2) is 4.45. The highest BCUT2D eigenvalue weighted by atomic mass is 32.2. The molecule has 0 aliphatic carbocycles. The van der Waals surface area contributed by atoms with Crippen molar-refractivity contribution in [3.8, 4) is 0 Å². The first-order valence-electron chi connectivity index (χ1n) is 3.84. The van der Waals surface area contributed by atoms with Crippen molar-refractivity contribution >= 4 is 11.8 Å². The van der Waals surface area contributed by atoms with E-state index in [0.29, 0.717) is 5.25 Å². The summed E-state index contributed by atoms with van der Waals surface area (Å²) in [6, 6.07) is 10.5. The Morgan fingerprint density at radius 2 is 1.91 bits per heavy atom. The molecule has 59 valence electrons. The highest BCUT2D eigenvalue weighted by Crippen LogP contribution is 2.23. The van der Waals surface area contributed by atoms with E-state index in [1.807, 2.05) is 17.8 Å². The van der Waals surface area contributed by atoms with Crippen LogP contribution in [0.1, 0.15) is 13.8 Å². The summed E-state index contributed by atoms with van der Waals surface area (Å²) in [5, 5.41) is 0.609. The fourth-order valence-corrected chi connectivity index (χ4v) is 1.66. The van der Waals surface area contributed by atoms with Crippen LogP contribution in [0.2, 0.25) is 0 Å². The molecule has 1 radical (unpaired) electrons. The average Bonchev–Trinajstić information content (AvgIpc) is 2.06. The largest absolute Gasteiger partial charge is 0.123 e. The van der Waals surface area contributed by atoms with Gasteiger partial charge in [-0.1, -0.05) is 32.0 Å². The molecule has 1 rings (SSSR count). The molecule has 11 heavy (non-hydrogen) atoms. The zero-order valence-corrected chi connectivity index (χ0v) is 7.77. The van der Waals surface area contributed by atoms with E-state index in [1.165, 1.54) is 4.90 Å². The van der Waals surface area contributed by atoms with Crippen molar-refractivity contribution in [2.75, 3.05) is 0 Å². The Bertz CT molecular complexity index is 193. The lowest BCUT2D eigenvalue weighted by molar-refractivity contribution is 1.11. The quantitative estimate of drug-likeness (QED) is 0.619. The molecule has 0 spiro atoms. The molecular weight excluding hydrogens is 152 g/mol. The van der Waals surface area contributed by atoms with Crippen LogP contribution in [0.5, 0.6) is 0 Å². The normalized spacial score (nSPS) is 12.9. The Balaban J connectivity index is 2.51. The number of thioether (sulfide) groups is 1. The van der Waals surface area contributed by atoms with Crippen LogP contribution in [0.4, 0.5) is 0 Å². The molecule has 0 aromatic heterocycles. The van der Waals surface area contributed by atoms with Crippen molar-refractivity contribution in [3.05, 3.63) is 36.8 Å². The Kier molecular flexibility index (Phi) is 3.50. The Morgan fingerprint density at radius 3 is 2.45 bits per heavy atom. The fourth-order valence-electron chi connectivity index (χ4n) is 0.782. The predicted octanol–water partition coefficient (Wildman–Crippen LogP) is 3.39. The van der Waals surface area contributed by atoms with Gasteiger partial charge in [0, 0.05) is 10.1 Å². The molecular formula is C10H13S. The molecule has 0 N–H and O–H groups in total. The first-order chi connectivity index (χ1) is 5.33. The molecule has 1 atom stereocenters. The van der Waals surface area contributed by atoms with E-state index in [9.17, 15) is 0 Å². The smallest absolute Gasteiger partial charge is 0.00946 e. The van der Waals surface area contributed by atoms with Gasteiger partial charge in [0.2, 0.25) is 0 Å². The summed E-state index contributed by atoms with van der Waals surface area (Å²) in [6.07, 6.45) is 2.21. The molecule has 0 bridgehead atoms. The molecule has 0 aliphatic rings.